The fourth-order valence-electron chi connectivity index (χ4n) is 0.818. The van der Waals surface area contributed by atoms with Crippen molar-refractivity contribution in [2.75, 3.05) is 7.11 Å². The van der Waals surface area contributed by atoms with Crippen molar-refractivity contribution in [2.45, 2.75) is 6.92 Å². The van der Waals surface area contributed by atoms with E-state index in [1.165, 1.54) is 13.2 Å². The van der Waals surface area contributed by atoms with E-state index in [-0.39, 0.29) is 11.4 Å². The van der Waals surface area contributed by atoms with Gasteiger partial charge in [-0.2, -0.15) is 0 Å². The Morgan fingerprint density at radius 2 is 2.31 bits per heavy atom. The summed E-state index contributed by atoms with van der Waals surface area (Å²) in [7, 11) is 1.24. The summed E-state index contributed by atoms with van der Waals surface area (Å²) in [4.78, 5) is 14.9. The van der Waals surface area contributed by atoms with Gasteiger partial charge in [0.05, 0.1) is 12.8 Å². The second-order valence-electron chi connectivity index (χ2n) is 2.41. The van der Waals surface area contributed by atoms with Crippen LogP contribution in [-0.2, 0) is 4.74 Å². The molecule has 1 aromatic heterocycles. The normalized spacial score (nSPS) is 9.77. The van der Waals surface area contributed by atoms with E-state index in [0.717, 1.165) is 0 Å². The lowest BCUT2D eigenvalue weighted by molar-refractivity contribution is 0.0590. The van der Waals surface area contributed by atoms with Crippen molar-refractivity contribution in [1.82, 2.24) is 4.98 Å². The zero-order valence-electron chi connectivity index (χ0n) is 7.17. The third-order valence-corrected chi connectivity index (χ3v) is 2.31. The topological polar surface area (TPSA) is 59.4 Å². The smallest absolute Gasteiger partial charge is 0.360 e. The maximum absolute atomic E-state index is 11.0. The standard InChI is InChI=1S/C8H8BrNO3/c1-4-5(9)3-6(11)7(10-4)8(12)13-2/h3,11H,1-2H3. The maximum Gasteiger partial charge on any atom is 0.360 e. The van der Waals surface area contributed by atoms with E-state index in [1.54, 1.807) is 6.92 Å². The molecular weight excluding hydrogens is 238 g/mol. The molecule has 70 valence electrons. The van der Waals surface area contributed by atoms with E-state index in [1.807, 2.05) is 0 Å². The highest BCUT2D eigenvalue weighted by Gasteiger charge is 2.14. The van der Waals surface area contributed by atoms with Crippen LogP contribution < -0.4 is 0 Å². The van der Waals surface area contributed by atoms with Crippen LogP contribution in [0.25, 0.3) is 0 Å². The molecule has 4 nitrogen and oxygen atoms in total. The number of carbonyl (C=O) groups is 1. The number of aromatic hydroxyl groups is 1. The first-order valence-corrected chi connectivity index (χ1v) is 4.30. The number of methoxy groups -OCH3 is 1. The first-order valence-electron chi connectivity index (χ1n) is 3.50. The van der Waals surface area contributed by atoms with Crippen LogP contribution in [0.4, 0.5) is 0 Å². The fourth-order valence-corrected chi connectivity index (χ4v) is 1.12. The van der Waals surface area contributed by atoms with Gasteiger partial charge in [0.15, 0.2) is 5.69 Å². The molecule has 0 amide bonds. The highest BCUT2D eigenvalue weighted by Crippen LogP contribution is 2.23. The first kappa shape index (κ1) is 9.98. The summed E-state index contributed by atoms with van der Waals surface area (Å²) in [5, 5.41) is 9.32. The molecule has 0 radical (unpaired) electrons. The average Bonchev–Trinajstić information content (AvgIpc) is 2.10. The van der Waals surface area contributed by atoms with Gasteiger partial charge in [-0.05, 0) is 28.9 Å². The second kappa shape index (κ2) is 3.74. The quantitative estimate of drug-likeness (QED) is 0.765. The summed E-state index contributed by atoms with van der Waals surface area (Å²) >= 11 is 3.18. The Hall–Kier alpha value is -1.10. The Morgan fingerprint density at radius 3 is 2.85 bits per heavy atom. The Balaban J connectivity index is 3.23. The van der Waals surface area contributed by atoms with Crippen molar-refractivity contribution in [1.29, 1.82) is 0 Å². The molecule has 0 atom stereocenters. The van der Waals surface area contributed by atoms with Crippen LogP contribution in [0.5, 0.6) is 5.75 Å². The molecule has 13 heavy (non-hydrogen) atoms. The van der Waals surface area contributed by atoms with Crippen molar-refractivity contribution < 1.29 is 14.6 Å². The zero-order chi connectivity index (χ0) is 10.0. The minimum Gasteiger partial charge on any atom is -0.505 e. The van der Waals surface area contributed by atoms with Crippen LogP contribution in [-0.4, -0.2) is 23.2 Å². The summed E-state index contributed by atoms with van der Waals surface area (Å²) in [6.45, 7) is 1.72. The number of hydrogen-bond donors (Lipinski definition) is 1. The Morgan fingerprint density at radius 1 is 1.69 bits per heavy atom. The Labute approximate surface area is 83.7 Å². The molecule has 5 heteroatoms. The molecule has 0 aliphatic heterocycles. The van der Waals surface area contributed by atoms with E-state index in [9.17, 15) is 9.90 Å². The van der Waals surface area contributed by atoms with Crippen LogP contribution in [0.2, 0.25) is 0 Å². The molecule has 1 heterocycles. The van der Waals surface area contributed by atoms with Gasteiger partial charge in [0, 0.05) is 4.47 Å². The number of rotatable bonds is 1. The number of halogens is 1. The average molecular weight is 246 g/mol. The van der Waals surface area contributed by atoms with E-state index >= 15 is 0 Å². The molecule has 0 fully saturated rings. The lowest BCUT2D eigenvalue weighted by Gasteiger charge is -2.03. The number of hydrogen-bond acceptors (Lipinski definition) is 4. The third-order valence-electron chi connectivity index (χ3n) is 1.51. The lowest BCUT2D eigenvalue weighted by atomic mass is 10.3. The van der Waals surface area contributed by atoms with Gasteiger partial charge in [0.1, 0.15) is 5.75 Å². The van der Waals surface area contributed by atoms with Gasteiger partial charge < -0.3 is 9.84 Å². The van der Waals surface area contributed by atoms with Crippen molar-refractivity contribution in [3.8, 4) is 5.75 Å². The molecule has 0 aliphatic rings. The lowest BCUT2D eigenvalue weighted by Crippen LogP contribution is -2.05. The van der Waals surface area contributed by atoms with E-state index in [4.69, 9.17) is 0 Å². The van der Waals surface area contributed by atoms with Crippen molar-refractivity contribution in [2.24, 2.45) is 0 Å². The van der Waals surface area contributed by atoms with Gasteiger partial charge in [0.2, 0.25) is 0 Å². The maximum atomic E-state index is 11.0. The van der Waals surface area contributed by atoms with E-state index in [0.29, 0.717) is 10.2 Å². The molecule has 0 spiro atoms. The van der Waals surface area contributed by atoms with Crippen LogP contribution in [0.1, 0.15) is 16.2 Å². The molecule has 0 bridgehead atoms. The summed E-state index contributed by atoms with van der Waals surface area (Å²) < 4.78 is 5.09. The molecule has 1 N–H and O–H groups in total. The fraction of sp³-hybridized carbons (Fsp3) is 0.250. The number of pyridine rings is 1. The summed E-state index contributed by atoms with van der Waals surface area (Å²) in [5.74, 6) is -0.836. The van der Waals surface area contributed by atoms with Gasteiger partial charge in [-0.25, -0.2) is 9.78 Å². The van der Waals surface area contributed by atoms with Gasteiger partial charge in [-0.15, -0.1) is 0 Å². The molecular formula is C8H8BrNO3. The number of esters is 1. The number of aryl methyl sites for hydroxylation is 1. The third kappa shape index (κ3) is 1.98. The predicted octanol–water partition coefficient (Wildman–Crippen LogP) is 1.64. The molecule has 1 aromatic rings. The Bertz CT molecular complexity index is 351. The van der Waals surface area contributed by atoms with E-state index < -0.39 is 5.97 Å². The van der Waals surface area contributed by atoms with Gasteiger partial charge in [-0.1, -0.05) is 0 Å². The number of ether oxygens (including phenoxy) is 1. The number of aromatic nitrogens is 1. The van der Waals surface area contributed by atoms with Gasteiger partial charge in [0.25, 0.3) is 0 Å². The first-order chi connectivity index (χ1) is 6.06. The van der Waals surface area contributed by atoms with E-state index in [2.05, 4.69) is 25.7 Å². The SMILES string of the molecule is COC(=O)c1nc(C)c(Br)cc1O. The Kier molecular flexibility index (Phi) is 2.87. The number of carbonyl (C=O) groups excluding carboxylic acids is 1. The highest BCUT2D eigenvalue weighted by atomic mass is 79.9. The second-order valence-corrected chi connectivity index (χ2v) is 3.27. The molecule has 0 aromatic carbocycles. The summed E-state index contributed by atoms with van der Waals surface area (Å²) in [5.41, 5.74) is 0.557. The van der Waals surface area contributed by atoms with Crippen molar-refractivity contribution in [3.63, 3.8) is 0 Å². The molecule has 0 aliphatic carbocycles. The largest absolute Gasteiger partial charge is 0.505 e. The van der Waals surface area contributed by atoms with Crippen LogP contribution in [0.3, 0.4) is 0 Å². The molecule has 0 saturated heterocycles. The summed E-state index contributed by atoms with van der Waals surface area (Å²) in [6, 6.07) is 1.41. The van der Waals surface area contributed by atoms with Crippen LogP contribution >= 0.6 is 15.9 Å². The van der Waals surface area contributed by atoms with Crippen molar-refractivity contribution in [3.05, 3.63) is 21.9 Å². The zero-order valence-corrected chi connectivity index (χ0v) is 8.75. The summed E-state index contributed by atoms with van der Waals surface area (Å²) in [6.07, 6.45) is 0. The minimum atomic E-state index is -0.645. The van der Waals surface area contributed by atoms with Gasteiger partial charge >= 0.3 is 5.97 Å². The molecule has 0 unspecified atom stereocenters. The van der Waals surface area contributed by atoms with Gasteiger partial charge in [-0.3, -0.25) is 0 Å². The highest BCUT2D eigenvalue weighted by molar-refractivity contribution is 9.10. The van der Waals surface area contributed by atoms with Crippen molar-refractivity contribution >= 4 is 21.9 Å². The van der Waals surface area contributed by atoms with Crippen LogP contribution in [0.15, 0.2) is 10.5 Å². The molecule has 1 rings (SSSR count). The van der Waals surface area contributed by atoms with Crippen LogP contribution in [0, 0.1) is 6.92 Å². The monoisotopic (exact) mass is 245 g/mol. The predicted molar refractivity (Wildman–Crippen MR) is 49.7 cm³/mol. The minimum absolute atomic E-state index is 0.0665. The molecule has 0 saturated carbocycles. The number of nitrogens with zero attached hydrogens (tertiary/aromatic N) is 1.